The second-order valence-corrected chi connectivity index (χ2v) is 7.42. The maximum absolute atomic E-state index is 12.9. The molecule has 29 heavy (non-hydrogen) atoms. The summed E-state index contributed by atoms with van der Waals surface area (Å²) in [5, 5.41) is 2.96. The van der Waals surface area contributed by atoms with Gasteiger partial charge in [-0.05, 0) is 37.1 Å². The Hall–Kier alpha value is -3.19. The van der Waals surface area contributed by atoms with Crippen LogP contribution in [0.5, 0.6) is 0 Å². The highest BCUT2D eigenvalue weighted by atomic mass is 16.5. The molecule has 1 amide bonds. The lowest BCUT2D eigenvalue weighted by Gasteiger charge is -2.38. The number of nitrogens with one attached hydrogen (secondary N) is 1. The van der Waals surface area contributed by atoms with E-state index >= 15 is 0 Å². The van der Waals surface area contributed by atoms with Crippen molar-refractivity contribution in [1.82, 2.24) is 14.1 Å². The average Bonchev–Trinajstić information content (AvgIpc) is 3.40. The summed E-state index contributed by atoms with van der Waals surface area (Å²) in [6, 6.07) is 10.9. The van der Waals surface area contributed by atoms with E-state index in [-0.39, 0.29) is 17.2 Å². The molecule has 0 saturated carbocycles. The summed E-state index contributed by atoms with van der Waals surface area (Å²) in [5.41, 5.74) is 0.805. The first-order chi connectivity index (χ1) is 14.1. The first-order valence-corrected chi connectivity index (χ1v) is 9.71. The average molecular weight is 392 g/mol. The molecule has 0 spiro atoms. The van der Waals surface area contributed by atoms with Gasteiger partial charge in [0.1, 0.15) is 0 Å². The molecule has 1 fully saturated rings. The van der Waals surface area contributed by atoms with E-state index in [1.54, 1.807) is 48.3 Å². The number of ketones is 1. The third-order valence-corrected chi connectivity index (χ3v) is 5.50. The molecule has 7 nitrogen and oxygen atoms in total. The molecule has 1 aliphatic heterocycles. The molecule has 1 N–H and O–H groups in total. The first kappa shape index (κ1) is 19.1. The largest absolute Gasteiger partial charge is 0.381 e. The predicted octanol–water partition coefficient (Wildman–Crippen LogP) is 2.99. The van der Waals surface area contributed by atoms with E-state index in [0.717, 1.165) is 12.8 Å². The maximum atomic E-state index is 12.9. The Kier molecular flexibility index (Phi) is 5.31. The summed E-state index contributed by atoms with van der Waals surface area (Å²) >= 11 is 0. The highest BCUT2D eigenvalue weighted by molar-refractivity contribution is 6.07. The van der Waals surface area contributed by atoms with Gasteiger partial charge in [0.2, 0.25) is 11.7 Å². The van der Waals surface area contributed by atoms with Crippen molar-refractivity contribution in [3.8, 4) is 0 Å². The van der Waals surface area contributed by atoms with E-state index in [2.05, 4.69) is 14.9 Å². The van der Waals surface area contributed by atoms with Gasteiger partial charge < -0.3 is 19.2 Å². The molecule has 0 radical (unpaired) electrons. The number of hydrogen-bond acceptors (Lipinski definition) is 4. The second-order valence-electron chi connectivity index (χ2n) is 7.42. The van der Waals surface area contributed by atoms with Gasteiger partial charge in [0, 0.05) is 56.3 Å². The standard InChI is InChI=1S/C22H24N4O3/c1-25-12-9-23-21(25)20(28)17-5-4-6-18(15-17)24-19(27)16-22(7-13-29-14-8-22)26-10-2-3-11-26/h2-6,9-12,15H,7-8,13-14,16H2,1H3,(H,24,27). The lowest BCUT2D eigenvalue weighted by atomic mass is 9.86. The van der Waals surface area contributed by atoms with Crippen molar-refractivity contribution in [2.75, 3.05) is 18.5 Å². The molecule has 4 rings (SSSR count). The molecule has 0 atom stereocenters. The summed E-state index contributed by atoms with van der Waals surface area (Å²) in [4.78, 5) is 29.7. The van der Waals surface area contributed by atoms with Crippen LogP contribution in [0.4, 0.5) is 5.69 Å². The summed E-state index contributed by atoms with van der Waals surface area (Å²) < 4.78 is 9.32. The molecule has 3 heterocycles. The van der Waals surface area contributed by atoms with Crippen molar-refractivity contribution in [1.29, 1.82) is 0 Å². The first-order valence-electron chi connectivity index (χ1n) is 9.71. The van der Waals surface area contributed by atoms with Gasteiger partial charge in [0.05, 0.1) is 12.0 Å². The van der Waals surface area contributed by atoms with Crippen LogP contribution in [0.25, 0.3) is 0 Å². The van der Waals surface area contributed by atoms with Crippen molar-refractivity contribution in [2.45, 2.75) is 24.8 Å². The number of aromatic nitrogens is 3. The van der Waals surface area contributed by atoms with Crippen LogP contribution in [0.3, 0.4) is 0 Å². The van der Waals surface area contributed by atoms with E-state index in [0.29, 0.717) is 36.7 Å². The van der Waals surface area contributed by atoms with Crippen molar-refractivity contribution in [3.63, 3.8) is 0 Å². The van der Waals surface area contributed by atoms with E-state index in [1.807, 2.05) is 24.5 Å². The molecular weight excluding hydrogens is 368 g/mol. The van der Waals surface area contributed by atoms with Crippen LogP contribution in [-0.2, 0) is 22.1 Å². The molecule has 3 aromatic rings. The van der Waals surface area contributed by atoms with Crippen molar-refractivity contribution in [2.24, 2.45) is 7.05 Å². The Labute approximate surface area is 169 Å². The lowest BCUT2D eigenvalue weighted by molar-refractivity contribution is -0.119. The summed E-state index contributed by atoms with van der Waals surface area (Å²) in [5.74, 6) is 0.103. The fourth-order valence-corrected chi connectivity index (χ4v) is 3.88. The Morgan fingerprint density at radius 1 is 1.14 bits per heavy atom. The van der Waals surface area contributed by atoms with Gasteiger partial charge in [0.15, 0.2) is 5.82 Å². The molecule has 150 valence electrons. The Balaban J connectivity index is 1.50. The third-order valence-electron chi connectivity index (χ3n) is 5.50. The number of anilines is 1. The number of carbonyl (C=O) groups is 2. The van der Waals surface area contributed by atoms with Gasteiger partial charge in [-0.3, -0.25) is 9.59 Å². The number of aryl methyl sites for hydroxylation is 1. The van der Waals surface area contributed by atoms with Gasteiger partial charge in [0.25, 0.3) is 0 Å². The smallest absolute Gasteiger partial charge is 0.228 e. The number of rotatable bonds is 6. The fourth-order valence-electron chi connectivity index (χ4n) is 3.88. The predicted molar refractivity (Wildman–Crippen MR) is 109 cm³/mol. The van der Waals surface area contributed by atoms with Gasteiger partial charge in [-0.1, -0.05) is 12.1 Å². The highest BCUT2D eigenvalue weighted by Crippen LogP contribution is 2.33. The van der Waals surface area contributed by atoms with Gasteiger partial charge in [-0.25, -0.2) is 4.98 Å². The topological polar surface area (TPSA) is 78.2 Å². The van der Waals surface area contributed by atoms with Crippen LogP contribution in [0.1, 0.15) is 35.4 Å². The Bertz CT molecular complexity index is 1000. The number of hydrogen-bond donors (Lipinski definition) is 1. The third kappa shape index (κ3) is 4.00. The zero-order valence-corrected chi connectivity index (χ0v) is 16.4. The monoisotopic (exact) mass is 392 g/mol. The number of carbonyl (C=O) groups excluding carboxylic acids is 2. The van der Waals surface area contributed by atoms with E-state index in [4.69, 9.17) is 4.74 Å². The van der Waals surface area contributed by atoms with E-state index < -0.39 is 0 Å². The van der Waals surface area contributed by atoms with Crippen LogP contribution < -0.4 is 5.32 Å². The molecule has 7 heteroatoms. The molecular formula is C22H24N4O3. The second kappa shape index (κ2) is 8.05. The molecule has 2 aromatic heterocycles. The molecule has 1 saturated heterocycles. The lowest BCUT2D eigenvalue weighted by Crippen LogP contribution is -2.42. The van der Waals surface area contributed by atoms with Gasteiger partial charge in [-0.2, -0.15) is 0 Å². The van der Waals surface area contributed by atoms with E-state index in [9.17, 15) is 9.59 Å². The maximum Gasteiger partial charge on any atom is 0.228 e. The van der Waals surface area contributed by atoms with Crippen LogP contribution in [0, 0.1) is 0 Å². The summed E-state index contributed by atoms with van der Waals surface area (Å²) in [6.07, 6.45) is 9.25. The minimum atomic E-state index is -0.285. The van der Waals surface area contributed by atoms with Crippen LogP contribution in [0.15, 0.2) is 61.2 Å². The zero-order chi connectivity index (χ0) is 20.3. The zero-order valence-electron chi connectivity index (χ0n) is 16.4. The minimum Gasteiger partial charge on any atom is -0.381 e. The molecule has 1 aliphatic rings. The molecule has 0 aliphatic carbocycles. The molecule has 1 aromatic carbocycles. The molecule has 0 unspecified atom stereocenters. The summed E-state index contributed by atoms with van der Waals surface area (Å²) in [6.45, 7) is 1.28. The van der Waals surface area contributed by atoms with Crippen LogP contribution >= 0.6 is 0 Å². The van der Waals surface area contributed by atoms with Crippen LogP contribution in [-0.4, -0.2) is 39.0 Å². The van der Waals surface area contributed by atoms with Gasteiger partial charge in [-0.15, -0.1) is 0 Å². The fraction of sp³-hybridized carbons (Fsp3) is 0.318. The number of nitrogens with zero attached hydrogens (tertiary/aromatic N) is 3. The molecule has 0 bridgehead atoms. The normalized spacial score (nSPS) is 15.8. The number of ether oxygens (including phenoxy) is 1. The quantitative estimate of drug-likeness (QED) is 0.654. The Morgan fingerprint density at radius 3 is 2.59 bits per heavy atom. The number of benzene rings is 1. The van der Waals surface area contributed by atoms with E-state index in [1.165, 1.54) is 0 Å². The number of amides is 1. The highest BCUT2D eigenvalue weighted by Gasteiger charge is 2.36. The van der Waals surface area contributed by atoms with Crippen molar-refractivity contribution in [3.05, 3.63) is 72.6 Å². The summed E-state index contributed by atoms with van der Waals surface area (Å²) in [7, 11) is 1.78. The minimum absolute atomic E-state index is 0.0813. The number of imidazole rings is 1. The SMILES string of the molecule is Cn1ccnc1C(=O)c1cccc(NC(=O)CC2(n3cccc3)CCOCC2)c1. The van der Waals surface area contributed by atoms with Crippen molar-refractivity contribution < 1.29 is 14.3 Å². The Morgan fingerprint density at radius 2 is 1.90 bits per heavy atom. The van der Waals surface area contributed by atoms with Gasteiger partial charge >= 0.3 is 0 Å². The van der Waals surface area contributed by atoms with Crippen molar-refractivity contribution >= 4 is 17.4 Å². The van der Waals surface area contributed by atoms with Crippen LogP contribution in [0.2, 0.25) is 0 Å².